The van der Waals surface area contributed by atoms with E-state index in [0.717, 1.165) is 6.26 Å². The molecule has 0 fully saturated rings. The fourth-order valence-corrected chi connectivity index (χ4v) is 2.60. The van der Waals surface area contributed by atoms with Crippen molar-refractivity contribution in [3.63, 3.8) is 0 Å². The van der Waals surface area contributed by atoms with Crippen molar-refractivity contribution in [2.75, 3.05) is 12.8 Å². The fourth-order valence-electron chi connectivity index (χ4n) is 1.97. The van der Waals surface area contributed by atoms with Crippen LogP contribution in [0.3, 0.4) is 0 Å². The summed E-state index contributed by atoms with van der Waals surface area (Å²) in [5.41, 5.74) is 0.899. The van der Waals surface area contributed by atoms with Crippen LogP contribution < -0.4 is 5.32 Å². The van der Waals surface area contributed by atoms with Gasteiger partial charge in [-0.1, -0.05) is 18.2 Å². The van der Waals surface area contributed by atoms with Crippen LogP contribution >= 0.6 is 0 Å². The van der Waals surface area contributed by atoms with E-state index in [4.69, 9.17) is 0 Å². The molecule has 0 saturated heterocycles. The molecular weight excluding hydrogens is 305 g/mol. The average Bonchev–Trinajstić information content (AvgIpc) is 2.48. The maximum absolute atomic E-state index is 13.4. The Morgan fingerprint density at radius 3 is 2.32 bits per heavy atom. The van der Waals surface area contributed by atoms with Crippen LogP contribution in [0.2, 0.25) is 0 Å². The number of carbonyl (C=O) groups is 1. The summed E-state index contributed by atoms with van der Waals surface area (Å²) in [5, 5.41) is 2.68. The number of benzene rings is 2. The van der Waals surface area contributed by atoms with E-state index in [1.54, 1.807) is 18.2 Å². The van der Waals surface area contributed by atoms with Crippen molar-refractivity contribution in [1.29, 1.82) is 0 Å². The van der Waals surface area contributed by atoms with Crippen molar-refractivity contribution in [2.45, 2.75) is 11.3 Å². The Morgan fingerprint density at radius 1 is 1.09 bits per heavy atom. The molecule has 22 heavy (non-hydrogen) atoms. The van der Waals surface area contributed by atoms with Crippen LogP contribution in [0, 0.1) is 5.82 Å². The molecule has 0 aliphatic heterocycles. The van der Waals surface area contributed by atoms with E-state index in [-0.39, 0.29) is 16.6 Å². The lowest BCUT2D eigenvalue weighted by Crippen LogP contribution is -2.25. The maximum Gasteiger partial charge on any atom is 0.251 e. The first-order chi connectivity index (χ1) is 10.4. The van der Waals surface area contributed by atoms with Crippen LogP contribution in [-0.4, -0.2) is 27.1 Å². The van der Waals surface area contributed by atoms with E-state index < -0.39 is 9.84 Å². The molecule has 0 spiro atoms. The van der Waals surface area contributed by atoms with E-state index >= 15 is 0 Å². The minimum atomic E-state index is -3.28. The number of rotatable bonds is 5. The SMILES string of the molecule is CS(=O)(=O)c1ccc(C(=O)NCCc2ccccc2F)cc1. The van der Waals surface area contributed by atoms with Gasteiger partial charge in [0.15, 0.2) is 9.84 Å². The van der Waals surface area contributed by atoms with Gasteiger partial charge in [-0.3, -0.25) is 4.79 Å². The number of sulfone groups is 1. The van der Waals surface area contributed by atoms with Gasteiger partial charge in [0, 0.05) is 18.4 Å². The molecule has 2 aromatic carbocycles. The molecule has 0 aromatic heterocycles. The maximum atomic E-state index is 13.4. The van der Waals surface area contributed by atoms with Gasteiger partial charge in [0.05, 0.1) is 4.90 Å². The minimum absolute atomic E-state index is 0.162. The highest BCUT2D eigenvalue weighted by Crippen LogP contribution is 2.10. The van der Waals surface area contributed by atoms with Crippen molar-refractivity contribution in [3.8, 4) is 0 Å². The number of carbonyl (C=O) groups excluding carboxylic acids is 1. The lowest BCUT2D eigenvalue weighted by Gasteiger charge is -2.07. The zero-order valence-corrected chi connectivity index (χ0v) is 12.9. The van der Waals surface area contributed by atoms with Gasteiger partial charge in [0.1, 0.15) is 5.82 Å². The Labute approximate surface area is 128 Å². The molecule has 6 heteroatoms. The van der Waals surface area contributed by atoms with E-state index in [9.17, 15) is 17.6 Å². The summed E-state index contributed by atoms with van der Waals surface area (Å²) in [7, 11) is -3.28. The van der Waals surface area contributed by atoms with Crippen molar-refractivity contribution in [1.82, 2.24) is 5.32 Å². The molecule has 0 aliphatic carbocycles. The third-order valence-electron chi connectivity index (χ3n) is 3.18. The predicted molar refractivity (Wildman–Crippen MR) is 82.0 cm³/mol. The van der Waals surface area contributed by atoms with Gasteiger partial charge in [0.25, 0.3) is 5.91 Å². The average molecular weight is 321 g/mol. The van der Waals surface area contributed by atoms with Crippen molar-refractivity contribution in [2.24, 2.45) is 0 Å². The normalized spacial score (nSPS) is 11.2. The lowest BCUT2D eigenvalue weighted by atomic mass is 10.1. The van der Waals surface area contributed by atoms with E-state index in [0.29, 0.717) is 24.1 Å². The van der Waals surface area contributed by atoms with Crippen LogP contribution in [0.4, 0.5) is 4.39 Å². The van der Waals surface area contributed by atoms with E-state index in [2.05, 4.69) is 5.32 Å². The summed E-state index contributed by atoms with van der Waals surface area (Å²) < 4.78 is 36.1. The minimum Gasteiger partial charge on any atom is -0.352 e. The largest absolute Gasteiger partial charge is 0.352 e. The molecule has 0 heterocycles. The topological polar surface area (TPSA) is 63.2 Å². The zero-order chi connectivity index (χ0) is 16.2. The Morgan fingerprint density at radius 2 is 1.73 bits per heavy atom. The molecule has 0 aliphatic rings. The van der Waals surface area contributed by atoms with Gasteiger partial charge in [-0.15, -0.1) is 0 Å². The second kappa shape index (κ2) is 6.70. The Kier molecular flexibility index (Phi) is 4.92. The van der Waals surface area contributed by atoms with Crippen molar-refractivity contribution < 1.29 is 17.6 Å². The number of hydrogen-bond donors (Lipinski definition) is 1. The second-order valence-electron chi connectivity index (χ2n) is 4.89. The molecule has 2 rings (SSSR count). The van der Waals surface area contributed by atoms with Gasteiger partial charge in [0.2, 0.25) is 0 Å². The molecule has 1 amide bonds. The number of hydrogen-bond acceptors (Lipinski definition) is 3. The Balaban J connectivity index is 1.94. The smallest absolute Gasteiger partial charge is 0.251 e. The molecule has 0 atom stereocenters. The fraction of sp³-hybridized carbons (Fsp3) is 0.188. The second-order valence-corrected chi connectivity index (χ2v) is 6.91. The highest BCUT2D eigenvalue weighted by molar-refractivity contribution is 7.90. The summed E-state index contributed by atoms with van der Waals surface area (Å²) in [6.45, 7) is 0.299. The third-order valence-corrected chi connectivity index (χ3v) is 4.31. The van der Waals surface area contributed by atoms with Gasteiger partial charge in [-0.25, -0.2) is 12.8 Å². The summed E-state index contributed by atoms with van der Waals surface area (Å²) in [4.78, 5) is 12.1. The van der Waals surface area contributed by atoms with Crippen molar-refractivity contribution >= 4 is 15.7 Å². The molecule has 0 radical (unpaired) electrons. The van der Waals surface area contributed by atoms with Crippen LogP contribution in [0.1, 0.15) is 15.9 Å². The highest BCUT2D eigenvalue weighted by atomic mass is 32.2. The van der Waals surface area contributed by atoms with Crippen LogP contribution in [-0.2, 0) is 16.3 Å². The predicted octanol–water partition coefficient (Wildman–Crippen LogP) is 2.20. The van der Waals surface area contributed by atoms with Gasteiger partial charge >= 0.3 is 0 Å². The number of halogens is 1. The summed E-state index contributed by atoms with van der Waals surface area (Å²) >= 11 is 0. The molecule has 116 valence electrons. The monoisotopic (exact) mass is 321 g/mol. The number of amides is 1. The standard InChI is InChI=1S/C16H16FNO3S/c1-22(20,21)14-8-6-13(7-9-14)16(19)18-11-10-12-4-2-3-5-15(12)17/h2-9H,10-11H2,1H3,(H,18,19). The quantitative estimate of drug-likeness (QED) is 0.918. The highest BCUT2D eigenvalue weighted by Gasteiger charge is 2.10. The molecule has 1 N–H and O–H groups in total. The van der Waals surface area contributed by atoms with Gasteiger partial charge in [-0.05, 0) is 42.3 Å². The van der Waals surface area contributed by atoms with Gasteiger partial charge < -0.3 is 5.32 Å². The third kappa shape index (κ3) is 4.14. The first kappa shape index (κ1) is 16.2. The first-order valence-electron chi connectivity index (χ1n) is 6.69. The van der Waals surface area contributed by atoms with Crippen LogP contribution in [0.25, 0.3) is 0 Å². The Bertz CT molecular complexity index is 770. The van der Waals surface area contributed by atoms with Gasteiger partial charge in [-0.2, -0.15) is 0 Å². The summed E-state index contributed by atoms with van der Waals surface area (Å²) in [6.07, 6.45) is 1.50. The molecule has 4 nitrogen and oxygen atoms in total. The lowest BCUT2D eigenvalue weighted by molar-refractivity contribution is 0.0954. The van der Waals surface area contributed by atoms with E-state index in [1.165, 1.54) is 30.3 Å². The molecule has 0 bridgehead atoms. The number of nitrogens with one attached hydrogen (secondary N) is 1. The zero-order valence-electron chi connectivity index (χ0n) is 12.0. The molecular formula is C16H16FNO3S. The molecule has 0 saturated carbocycles. The summed E-state index contributed by atoms with van der Waals surface area (Å²) in [5.74, 6) is -0.620. The molecule has 0 unspecified atom stereocenters. The van der Waals surface area contributed by atoms with Crippen LogP contribution in [0.5, 0.6) is 0 Å². The Hall–Kier alpha value is -2.21. The summed E-state index contributed by atoms with van der Waals surface area (Å²) in [6, 6.07) is 12.1. The van der Waals surface area contributed by atoms with Crippen molar-refractivity contribution in [3.05, 3.63) is 65.5 Å². The molecule has 2 aromatic rings. The van der Waals surface area contributed by atoms with Crippen LogP contribution in [0.15, 0.2) is 53.4 Å². The van der Waals surface area contributed by atoms with E-state index in [1.807, 2.05) is 0 Å². The first-order valence-corrected chi connectivity index (χ1v) is 8.59.